The van der Waals surface area contributed by atoms with Crippen LogP contribution >= 0.6 is 0 Å². The van der Waals surface area contributed by atoms with Gasteiger partial charge in [0.05, 0.1) is 6.61 Å². The third kappa shape index (κ3) is 1.79. The lowest BCUT2D eigenvalue weighted by Crippen LogP contribution is -2.52. The summed E-state index contributed by atoms with van der Waals surface area (Å²) in [5.74, 6) is 2.62. The molecule has 0 heterocycles. The van der Waals surface area contributed by atoms with Crippen molar-refractivity contribution in [1.82, 2.24) is 0 Å². The highest BCUT2D eigenvalue weighted by molar-refractivity contribution is 5.96. The second-order valence-corrected chi connectivity index (χ2v) is 8.84. The molecule has 0 aromatic carbocycles. The second kappa shape index (κ2) is 4.93. The van der Waals surface area contributed by atoms with Crippen LogP contribution in [0.2, 0.25) is 0 Å². The van der Waals surface area contributed by atoms with Crippen LogP contribution in [-0.4, -0.2) is 17.5 Å². The minimum atomic E-state index is -0.0508. The predicted molar refractivity (Wildman–Crippen MR) is 87.4 cm³/mol. The first-order valence-electron chi connectivity index (χ1n) is 9.36. The van der Waals surface area contributed by atoms with Crippen LogP contribution in [0.4, 0.5) is 0 Å². The van der Waals surface area contributed by atoms with E-state index in [2.05, 4.69) is 6.92 Å². The number of fused-ring (bicyclic) bond motifs is 5. The van der Waals surface area contributed by atoms with E-state index in [1.54, 1.807) is 0 Å². The number of carbonyl (C=O) groups is 1. The largest absolute Gasteiger partial charge is 0.395 e. The van der Waals surface area contributed by atoms with Crippen molar-refractivity contribution >= 4 is 5.78 Å². The first-order chi connectivity index (χ1) is 10.5. The van der Waals surface area contributed by atoms with Crippen LogP contribution in [0.5, 0.6) is 0 Å². The molecule has 0 aromatic rings. The maximum atomic E-state index is 12.2. The highest BCUT2D eigenvalue weighted by atomic mass is 16.3. The molecule has 3 fully saturated rings. The fourth-order valence-electron chi connectivity index (χ4n) is 7.03. The fraction of sp³-hybridized carbons (Fsp3) is 0.850. The Balaban J connectivity index is 1.75. The van der Waals surface area contributed by atoms with Gasteiger partial charge in [-0.1, -0.05) is 18.9 Å². The van der Waals surface area contributed by atoms with Gasteiger partial charge in [-0.15, -0.1) is 0 Å². The molecule has 0 bridgehead atoms. The molecule has 4 rings (SSSR count). The molecule has 0 saturated heterocycles. The average Bonchev–Trinajstić information content (AvgIpc) is 2.92. The summed E-state index contributed by atoms with van der Waals surface area (Å²) in [5, 5.41) is 10.4. The average molecular weight is 302 g/mol. The maximum Gasteiger partial charge on any atom is 0.158 e. The first-order valence-corrected chi connectivity index (χ1v) is 9.36. The topological polar surface area (TPSA) is 37.3 Å². The molecule has 0 aliphatic heterocycles. The lowest BCUT2D eigenvalue weighted by molar-refractivity contribution is -0.120. The highest BCUT2D eigenvalue weighted by Crippen LogP contribution is 2.65. The third-order valence-corrected chi connectivity index (χ3v) is 8.21. The van der Waals surface area contributed by atoms with Crippen LogP contribution in [0.3, 0.4) is 0 Å². The van der Waals surface area contributed by atoms with Crippen molar-refractivity contribution in [2.45, 2.75) is 71.6 Å². The first kappa shape index (κ1) is 14.9. The molecule has 0 aromatic heterocycles. The van der Waals surface area contributed by atoms with Crippen LogP contribution in [0.25, 0.3) is 0 Å². The van der Waals surface area contributed by atoms with Crippen molar-refractivity contribution in [3.8, 4) is 0 Å². The summed E-state index contributed by atoms with van der Waals surface area (Å²) in [5.41, 5.74) is 2.86. The zero-order valence-corrected chi connectivity index (χ0v) is 14.2. The molecule has 0 amide bonds. The summed E-state index contributed by atoms with van der Waals surface area (Å²) >= 11 is 0. The lowest BCUT2D eigenvalue weighted by atomic mass is 9.46. The molecule has 3 saturated carbocycles. The zero-order chi connectivity index (χ0) is 15.5. The summed E-state index contributed by atoms with van der Waals surface area (Å²) in [7, 11) is 0. The number of aliphatic hydroxyl groups is 1. The van der Waals surface area contributed by atoms with Gasteiger partial charge in [0.15, 0.2) is 5.78 Å². The molecule has 0 spiro atoms. The van der Waals surface area contributed by atoms with Crippen LogP contribution in [0.1, 0.15) is 71.6 Å². The van der Waals surface area contributed by atoms with E-state index in [1.165, 1.54) is 44.1 Å². The molecule has 2 nitrogen and oxygen atoms in total. The van der Waals surface area contributed by atoms with Gasteiger partial charge in [-0.3, -0.25) is 4.79 Å². The summed E-state index contributed by atoms with van der Waals surface area (Å²) in [4.78, 5) is 12.2. The molecule has 2 heteroatoms. The molecule has 122 valence electrons. The molecule has 4 aliphatic rings. The van der Waals surface area contributed by atoms with Crippen molar-refractivity contribution in [3.63, 3.8) is 0 Å². The number of aliphatic hydroxyl groups excluding tert-OH is 1. The Morgan fingerprint density at radius 1 is 1.09 bits per heavy atom. The van der Waals surface area contributed by atoms with Crippen LogP contribution < -0.4 is 0 Å². The second-order valence-electron chi connectivity index (χ2n) is 8.84. The van der Waals surface area contributed by atoms with Crippen LogP contribution in [-0.2, 0) is 4.79 Å². The Morgan fingerprint density at radius 2 is 1.91 bits per heavy atom. The van der Waals surface area contributed by atoms with Gasteiger partial charge < -0.3 is 5.11 Å². The van der Waals surface area contributed by atoms with Gasteiger partial charge in [0.2, 0.25) is 0 Å². The Morgan fingerprint density at radius 3 is 2.68 bits per heavy atom. The van der Waals surface area contributed by atoms with E-state index in [-0.39, 0.29) is 12.0 Å². The van der Waals surface area contributed by atoms with Crippen molar-refractivity contribution < 1.29 is 9.90 Å². The number of ketones is 1. The van der Waals surface area contributed by atoms with Gasteiger partial charge in [-0.25, -0.2) is 0 Å². The molecule has 0 radical (unpaired) electrons. The van der Waals surface area contributed by atoms with E-state index >= 15 is 0 Å². The highest BCUT2D eigenvalue weighted by Gasteiger charge is 2.58. The van der Waals surface area contributed by atoms with E-state index in [1.807, 2.05) is 6.92 Å². The summed E-state index contributed by atoms with van der Waals surface area (Å²) in [6, 6.07) is 0. The quantitative estimate of drug-likeness (QED) is 0.785. The summed E-state index contributed by atoms with van der Waals surface area (Å²) in [6.45, 7) is 4.80. The molecule has 1 N–H and O–H groups in total. The minimum Gasteiger partial charge on any atom is -0.395 e. The molecule has 0 unspecified atom stereocenters. The number of rotatable bonds is 1. The van der Waals surface area contributed by atoms with Gasteiger partial charge in [0, 0.05) is 11.8 Å². The number of Topliss-reactive ketones (excluding diaryl/α,β-unsaturated/α-hetero) is 1. The van der Waals surface area contributed by atoms with E-state index in [0.29, 0.717) is 23.5 Å². The number of hydrogen-bond donors (Lipinski definition) is 1. The monoisotopic (exact) mass is 302 g/mol. The Bertz CT molecular complexity index is 534. The zero-order valence-electron chi connectivity index (χ0n) is 14.2. The molecular formula is C20H30O2. The molecule has 4 aliphatic carbocycles. The molecule has 5 atom stereocenters. The van der Waals surface area contributed by atoms with Gasteiger partial charge in [0.25, 0.3) is 0 Å². The Hall–Kier alpha value is -0.630. The fourth-order valence-corrected chi connectivity index (χ4v) is 7.03. The summed E-state index contributed by atoms with van der Waals surface area (Å²) in [6.07, 6.45) is 10.7. The van der Waals surface area contributed by atoms with Gasteiger partial charge in [-0.05, 0) is 80.6 Å². The van der Waals surface area contributed by atoms with E-state index in [9.17, 15) is 9.90 Å². The van der Waals surface area contributed by atoms with Crippen molar-refractivity contribution in [3.05, 3.63) is 11.1 Å². The van der Waals surface area contributed by atoms with E-state index in [0.717, 1.165) is 30.3 Å². The smallest absolute Gasteiger partial charge is 0.158 e. The molecular weight excluding hydrogens is 272 g/mol. The van der Waals surface area contributed by atoms with Gasteiger partial charge >= 0.3 is 0 Å². The van der Waals surface area contributed by atoms with Crippen LogP contribution in [0, 0.1) is 28.6 Å². The van der Waals surface area contributed by atoms with Gasteiger partial charge in [-0.2, -0.15) is 0 Å². The molecule has 22 heavy (non-hydrogen) atoms. The van der Waals surface area contributed by atoms with Crippen molar-refractivity contribution in [1.29, 1.82) is 0 Å². The Kier molecular flexibility index (Phi) is 3.35. The third-order valence-electron chi connectivity index (χ3n) is 8.21. The minimum absolute atomic E-state index is 0.0508. The number of hydrogen-bond acceptors (Lipinski definition) is 2. The summed E-state index contributed by atoms with van der Waals surface area (Å²) < 4.78 is 0. The SMILES string of the molecule is CC1=C2CC[C@@H]3[C@@H](CC[C@]4(C)CCC[C@@H]34)[C@@]2(CO)CCC1=O. The van der Waals surface area contributed by atoms with Crippen molar-refractivity contribution in [2.75, 3.05) is 6.61 Å². The normalized spacial score (nSPS) is 48.0. The Labute approximate surface area is 134 Å². The van der Waals surface area contributed by atoms with Gasteiger partial charge in [0.1, 0.15) is 0 Å². The van der Waals surface area contributed by atoms with Crippen molar-refractivity contribution in [2.24, 2.45) is 28.6 Å². The maximum absolute atomic E-state index is 12.2. The predicted octanol–water partition coefficient (Wildman–Crippen LogP) is 4.27. The van der Waals surface area contributed by atoms with E-state index < -0.39 is 0 Å². The lowest BCUT2D eigenvalue weighted by Gasteiger charge is -2.58. The number of carbonyl (C=O) groups excluding carboxylic acids is 1. The van der Waals surface area contributed by atoms with E-state index in [4.69, 9.17) is 0 Å². The van der Waals surface area contributed by atoms with Crippen LogP contribution in [0.15, 0.2) is 11.1 Å². The standard InChI is InChI=1S/C20H30O2/c1-13-15-6-5-14-16-4-3-9-19(16,2)10-7-17(14)20(15,12-21)11-8-18(13)22/h14,16-17,21H,3-12H2,1-2H3/t14-,16-,17+,19-,20+/m0/s1.